The Bertz CT molecular complexity index is 893. The average molecular weight is 472 g/mol. The molecule has 0 aliphatic heterocycles. The first-order chi connectivity index (χ1) is 14.5. The summed E-state index contributed by atoms with van der Waals surface area (Å²) in [7, 11) is 0. The Morgan fingerprint density at radius 2 is 1.70 bits per heavy atom. The maximum atomic E-state index is 12.3. The Morgan fingerprint density at radius 1 is 0.967 bits per heavy atom. The molecule has 1 saturated carbocycles. The summed E-state index contributed by atoms with van der Waals surface area (Å²) >= 11 is 3.33. The first kappa shape index (κ1) is 22.0. The van der Waals surface area contributed by atoms with E-state index < -0.39 is 0 Å². The van der Waals surface area contributed by atoms with Gasteiger partial charge in [0.15, 0.2) is 0 Å². The first-order valence-electron chi connectivity index (χ1n) is 10.2. The lowest BCUT2D eigenvalue weighted by Gasteiger charge is -2.12. The van der Waals surface area contributed by atoms with Crippen LogP contribution in [0, 0.1) is 5.92 Å². The largest absolute Gasteiger partial charge is 0.352 e. The maximum Gasteiger partial charge on any atom is 0.251 e. The molecule has 30 heavy (non-hydrogen) atoms. The van der Waals surface area contributed by atoms with Crippen LogP contribution in [0.4, 0.5) is 5.69 Å². The molecule has 6 nitrogen and oxygen atoms in total. The predicted octanol–water partition coefficient (Wildman–Crippen LogP) is 4.01. The summed E-state index contributed by atoms with van der Waals surface area (Å²) in [4.78, 5) is 36.4. The van der Waals surface area contributed by atoms with Gasteiger partial charge in [-0.1, -0.05) is 40.9 Å². The summed E-state index contributed by atoms with van der Waals surface area (Å²) < 4.78 is 0.903. The number of halogens is 1. The Hall–Kier alpha value is -2.67. The van der Waals surface area contributed by atoms with Gasteiger partial charge in [-0.3, -0.25) is 14.4 Å². The molecule has 1 aliphatic rings. The highest BCUT2D eigenvalue weighted by molar-refractivity contribution is 9.10. The van der Waals surface area contributed by atoms with Gasteiger partial charge in [-0.15, -0.1) is 0 Å². The molecule has 158 valence electrons. The molecular weight excluding hydrogens is 446 g/mol. The molecule has 3 amide bonds. The Kier molecular flexibility index (Phi) is 8.02. The summed E-state index contributed by atoms with van der Waals surface area (Å²) in [6, 6.07) is 14.5. The van der Waals surface area contributed by atoms with Crippen molar-refractivity contribution in [3.8, 4) is 0 Å². The van der Waals surface area contributed by atoms with Crippen LogP contribution in [0.2, 0.25) is 0 Å². The van der Waals surface area contributed by atoms with Crippen molar-refractivity contribution in [3.05, 3.63) is 64.1 Å². The van der Waals surface area contributed by atoms with Crippen molar-refractivity contribution in [1.82, 2.24) is 10.6 Å². The SMILES string of the molecule is O=C(CCNC(=O)c1ccc(Br)cc1)NCc1cccc(NC(=O)C2CCCC2)c1. The maximum absolute atomic E-state index is 12.3. The summed E-state index contributed by atoms with van der Waals surface area (Å²) in [6.45, 7) is 0.630. The fourth-order valence-corrected chi connectivity index (χ4v) is 3.74. The van der Waals surface area contributed by atoms with Gasteiger partial charge in [-0.05, 0) is 54.8 Å². The highest BCUT2D eigenvalue weighted by Gasteiger charge is 2.22. The van der Waals surface area contributed by atoms with E-state index in [0.717, 1.165) is 41.4 Å². The number of anilines is 1. The molecule has 7 heteroatoms. The molecule has 0 atom stereocenters. The average Bonchev–Trinajstić information content (AvgIpc) is 3.28. The third kappa shape index (κ3) is 6.69. The lowest BCUT2D eigenvalue weighted by molar-refractivity contribution is -0.121. The number of carbonyl (C=O) groups excluding carboxylic acids is 3. The number of hydrogen-bond donors (Lipinski definition) is 3. The van der Waals surface area contributed by atoms with Gasteiger partial charge < -0.3 is 16.0 Å². The van der Waals surface area contributed by atoms with Crippen molar-refractivity contribution in [3.63, 3.8) is 0 Å². The molecular formula is C23H26BrN3O3. The number of rotatable bonds is 8. The summed E-state index contributed by atoms with van der Waals surface area (Å²) in [5.74, 6) is -0.163. The van der Waals surface area contributed by atoms with E-state index in [-0.39, 0.29) is 36.6 Å². The highest BCUT2D eigenvalue weighted by Crippen LogP contribution is 2.26. The standard InChI is InChI=1S/C23H26BrN3O3/c24-19-10-8-18(9-11-19)22(29)25-13-12-21(28)26-15-16-4-3-7-20(14-16)27-23(30)17-5-1-2-6-17/h3-4,7-11,14,17H,1-2,5-6,12-13,15H2,(H,25,29)(H,26,28)(H,27,30). The molecule has 2 aromatic carbocycles. The zero-order valence-electron chi connectivity index (χ0n) is 16.7. The lowest BCUT2D eigenvalue weighted by Crippen LogP contribution is -2.30. The van der Waals surface area contributed by atoms with Crippen LogP contribution in [0.1, 0.15) is 48.0 Å². The molecule has 2 aromatic rings. The van der Waals surface area contributed by atoms with Gasteiger partial charge >= 0.3 is 0 Å². The van der Waals surface area contributed by atoms with Crippen molar-refractivity contribution in [1.29, 1.82) is 0 Å². The molecule has 3 N–H and O–H groups in total. The van der Waals surface area contributed by atoms with Crippen LogP contribution in [0.25, 0.3) is 0 Å². The van der Waals surface area contributed by atoms with E-state index in [1.807, 2.05) is 24.3 Å². The van der Waals surface area contributed by atoms with Gasteiger partial charge in [-0.25, -0.2) is 0 Å². The minimum Gasteiger partial charge on any atom is -0.352 e. The fourth-order valence-electron chi connectivity index (χ4n) is 3.47. The number of carbonyl (C=O) groups is 3. The van der Waals surface area contributed by atoms with Crippen molar-refractivity contribution in [2.24, 2.45) is 5.92 Å². The van der Waals surface area contributed by atoms with Crippen LogP contribution < -0.4 is 16.0 Å². The van der Waals surface area contributed by atoms with E-state index >= 15 is 0 Å². The van der Waals surface area contributed by atoms with Crippen molar-refractivity contribution in [2.45, 2.75) is 38.6 Å². The van der Waals surface area contributed by atoms with Gasteiger partial charge in [0, 0.05) is 41.2 Å². The monoisotopic (exact) mass is 471 g/mol. The topological polar surface area (TPSA) is 87.3 Å². The zero-order valence-corrected chi connectivity index (χ0v) is 18.3. The third-order valence-electron chi connectivity index (χ3n) is 5.15. The van der Waals surface area contributed by atoms with E-state index in [1.165, 1.54) is 0 Å². The highest BCUT2D eigenvalue weighted by atomic mass is 79.9. The van der Waals surface area contributed by atoms with Crippen molar-refractivity contribution in [2.75, 3.05) is 11.9 Å². The number of hydrogen-bond acceptors (Lipinski definition) is 3. The van der Waals surface area contributed by atoms with Crippen LogP contribution in [0.3, 0.4) is 0 Å². The summed E-state index contributed by atoms with van der Waals surface area (Å²) in [5, 5.41) is 8.56. The fraction of sp³-hybridized carbons (Fsp3) is 0.348. The second-order valence-corrected chi connectivity index (χ2v) is 8.38. The van der Waals surface area contributed by atoms with Crippen LogP contribution in [0.5, 0.6) is 0 Å². The Labute approximate surface area is 184 Å². The van der Waals surface area contributed by atoms with Gasteiger partial charge in [0.1, 0.15) is 0 Å². The van der Waals surface area contributed by atoms with Gasteiger partial charge in [-0.2, -0.15) is 0 Å². The number of nitrogens with one attached hydrogen (secondary N) is 3. The summed E-state index contributed by atoms with van der Waals surface area (Å²) in [5.41, 5.74) is 2.21. The van der Waals surface area contributed by atoms with Crippen LogP contribution in [-0.2, 0) is 16.1 Å². The second kappa shape index (κ2) is 10.9. The van der Waals surface area contributed by atoms with Crippen LogP contribution in [-0.4, -0.2) is 24.3 Å². The molecule has 0 bridgehead atoms. The van der Waals surface area contributed by atoms with Gasteiger partial charge in [0.25, 0.3) is 5.91 Å². The van der Waals surface area contributed by atoms with E-state index in [1.54, 1.807) is 24.3 Å². The molecule has 0 spiro atoms. The zero-order chi connectivity index (χ0) is 21.3. The molecule has 1 aliphatic carbocycles. The molecule has 0 radical (unpaired) electrons. The third-order valence-corrected chi connectivity index (χ3v) is 5.68. The molecule has 0 unspecified atom stereocenters. The smallest absolute Gasteiger partial charge is 0.251 e. The minimum absolute atomic E-state index is 0.0789. The normalized spacial score (nSPS) is 13.6. The molecule has 1 fully saturated rings. The second-order valence-electron chi connectivity index (χ2n) is 7.46. The van der Waals surface area contributed by atoms with E-state index in [9.17, 15) is 14.4 Å². The van der Waals surface area contributed by atoms with Gasteiger partial charge in [0.2, 0.25) is 11.8 Å². The minimum atomic E-state index is -0.207. The predicted molar refractivity (Wildman–Crippen MR) is 120 cm³/mol. The first-order valence-corrected chi connectivity index (χ1v) is 11.0. The lowest BCUT2D eigenvalue weighted by atomic mass is 10.1. The molecule has 3 rings (SSSR count). The number of amides is 3. The van der Waals surface area contributed by atoms with E-state index in [2.05, 4.69) is 31.9 Å². The molecule has 0 aromatic heterocycles. The van der Waals surface area contributed by atoms with Crippen molar-refractivity contribution < 1.29 is 14.4 Å². The Morgan fingerprint density at radius 3 is 2.43 bits per heavy atom. The van der Waals surface area contributed by atoms with Gasteiger partial charge in [0.05, 0.1) is 0 Å². The van der Waals surface area contributed by atoms with Crippen LogP contribution in [0.15, 0.2) is 53.0 Å². The van der Waals surface area contributed by atoms with E-state index in [0.29, 0.717) is 12.1 Å². The summed E-state index contributed by atoms with van der Waals surface area (Å²) in [6.07, 6.45) is 4.35. The Balaban J connectivity index is 1.39. The van der Waals surface area contributed by atoms with Crippen LogP contribution >= 0.6 is 15.9 Å². The van der Waals surface area contributed by atoms with Crippen molar-refractivity contribution >= 4 is 39.3 Å². The van der Waals surface area contributed by atoms with E-state index in [4.69, 9.17) is 0 Å². The quantitative estimate of drug-likeness (QED) is 0.543. The molecule has 0 heterocycles. The molecule has 0 saturated heterocycles. The number of benzene rings is 2.